The molecule has 1 N–H and O–H groups in total. The van der Waals surface area contributed by atoms with E-state index in [9.17, 15) is 4.79 Å². The molecule has 0 radical (unpaired) electrons. The highest BCUT2D eigenvalue weighted by molar-refractivity contribution is 8.19. The number of nitrogens with one attached hydrogen (secondary N) is 1. The first-order valence-corrected chi connectivity index (χ1v) is 11.0. The van der Waals surface area contributed by atoms with Crippen LogP contribution in [0.3, 0.4) is 0 Å². The van der Waals surface area contributed by atoms with Crippen molar-refractivity contribution < 1.29 is 4.79 Å². The number of aromatic amines is 1. The highest BCUT2D eigenvalue weighted by atomic mass is 32.2. The van der Waals surface area contributed by atoms with Crippen molar-refractivity contribution in [2.45, 2.75) is 38.5 Å². The van der Waals surface area contributed by atoms with Gasteiger partial charge < -0.3 is 4.90 Å². The summed E-state index contributed by atoms with van der Waals surface area (Å²) in [5, 5.41) is 8.91. The molecular weight excluding hydrogens is 390 g/mol. The Morgan fingerprint density at radius 2 is 2.00 bits per heavy atom. The van der Waals surface area contributed by atoms with Crippen molar-refractivity contribution in [2.75, 3.05) is 18.5 Å². The summed E-state index contributed by atoms with van der Waals surface area (Å²) in [6.07, 6.45) is 1.97. The third-order valence-corrected chi connectivity index (χ3v) is 7.26. The number of carbonyl (C=O) groups excluding carboxylic acids is 1. The predicted octanol–water partition coefficient (Wildman–Crippen LogP) is 4.80. The van der Waals surface area contributed by atoms with Gasteiger partial charge in [0.25, 0.3) is 5.91 Å². The van der Waals surface area contributed by atoms with Crippen LogP contribution in [0.1, 0.15) is 31.2 Å². The third kappa shape index (κ3) is 3.24. The molecule has 0 bridgehead atoms. The number of aryl methyl sites for hydroxylation is 2. The lowest BCUT2D eigenvalue weighted by Crippen LogP contribution is -2.30. The lowest BCUT2D eigenvalue weighted by atomic mass is 10.3. The van der Waals surface area contributed by atoms with Crippen LogP contribution < -0.4 is 4.90 Å². The van der Waals surface area contributed by atoms with E-state index >= 15 is 0 Å². The monoisotopic (exact) mass is 413 g/mol. The Hall–Kier alpha value is -2.19. The normalized spacial score (nSPS) is 20.6. The fourth-order valence-electron chi connectivity index (χ4n) is 3.24. The molecule has 0 unspecified atom stereocenters. The molecule has 0 aliphatic carbocycles. The number of fused-ring (bicyclic) bond motifs is 1. The van der Waals surface area contributed by atoms with E-state index in [2.05, 4.69) is 34.2 Å². The van der Waals surface area contributed by atoms with E-state index in [0.29, 0.717) is 6.54 Å². The molecule has 1 amide bonds. The highest BCUT2D eigenvalue weighted by Gasteiger charge is 2.39. The molecule has 2 aliphatic rings. The average Bonchev–Trinajstić information content (AvgIpc) is 3.30. The topological polar surface area (TPSA) is 64.6 Å². The van der Waals surface area contributed by atoms with Crippen molar-refractivity contribution in [3.63, 3.8) is 0 Å². The average molecular weight is 414 g/mol. The number of benzene rings is 1. The maximum Gasteiger partial charge on any atom is 0.269 e. The predicted molar refractivity (Wildman–Crippen MR) is 117 cm³/mol. The third-order valence-electron chi connectivity index (χ3n) is 4.83. The smallest absolute Gasteiger partial charge is 0.269 e. The number of anilines is 1. The zero-order valence-electron chi connectivity index (χ0n) is 16.4. The second-order valence-corrected chi connectivity index (χ2v) is 8.86. The first-order chi connectivity index (χ1) is 13.5. The van der Waals surface area contributed by atoms with Crippen LogP contribution in [0.25, 0.3) is 0 Å². The molecule has 2 aliphatic heterocycles. The molecule has 1 aromatic heterocycles. The maximum absolute atomic E-state index is 13.3. The number of para-hydroxylation sites is 1. The molecule has 1 saturated heterocycles. The maximum atomic E-state index is 13.3. The van der Waals surface area contributed by atoms with Gasteiger partial charge in [-0.15, -0.1) is 0 Å². The van der Waals surface area contributed by atoms with Crippen LogP contribution >= 0.6 is 23.5 Å². The van der Waals surface area contributed by atoms with E-state index in [1.54, 1.807) is 11.8 Å². The Morgan fingerprint density at radius 3 is 2.68 bits per heavy atom. The summed E-state index contributed by atoms with van der Waals surface area (Å²) in [4.78, 5) is 24.0. The van der Waals surface area contributed by atoms with Gasteiger partial charge in [0.15, 0.2) is 5.17 Å². The van der Waals surface area contributed by atoms with Gasteiger partial charge in [0.1, 0.15) is 10.6 Å². The zero-order chi connectivity index (χ0) is 19.8. The van der Waals surface area contributed by atoms with Gasteiger partial charge in [-0.3, -0.25) is 14.8 Å². The number of rotatable bonds is 4. The SMILES string of the molecule is CCCCN1C(=O)/C(=C2/Sc3ccccc3N2C)SC1=Nc1c(C)n[nH]c1C. The summed E-state index contributed by atoms with van der Waals surface area (Å²) < 4.78 is 0. The first-order valence-electron chi connectivity index (χ1n) is 9.36. The van der Waals surface area contributed by atoms with Crippen LogP contribution in [0.4, 0.5) is 11.4 Å². The van der Waals surface area contributed by atoms with Gasteiger partial charge in [-0.05, 0) is 44.2 Å². The molecule has 0 spiro atoms. The van der Waals surface area contributed by atoms with Crippen LogP contribution in [0.2, 0.25) is 0 Å². The number of amidine groups is 1. The molecule has 3 heterocycles. The molecule has 146 valence electrons. The van der Waals surface area contributed by atoms with Gasteiger partial charge in [-0.2, -0.15) is 5.10 Å². The molecule has 1 fully saturated rings. The van der Waals surface area contributed by atoms with E-state index in [1.165, 1.54) is 16.7 Å². The van der Waals surface area contributed by atoms with Crippen molar-refractivity contribution in [1.29, 1.82) is 0 Å². The highest BCUT2D eigenvalue weighted by Crippen LogP contribution is 2.50. The summed E-state index contributed by atoms with van der Waals surface area (Å²) in [7, 11) is 2.02. The van der Waals surface area contributed by atoms with E-state index in [4.69, 9.17) is 4.99 Å². The van der Waals surface area contributed by atoms with Crippen molar-refractivity contribution in [1.82, 2.24) is 15.1 Å². The van der Waals surface area contributed by atoms with Crippen molar-refractivity contribution in [3.8, 4) is 0 Å². The number of H-pyrrole nitrogens is 1. The van der Waals surface area contributed by atoms with E-state index in [0.717, 1.165) is 50.7 Å². The van der Waals surface area contributed by atoms with Crippen LogP contribution in [0.5, 0.6) is 0 Å². The molecule has 6 nitrogen and oxygen atoms in total. The number of nitrogens with zero attached hydrogens (tertiary/aromatic N) is 4. The number of thioether (sulfide) groups is 2. The summed E-state index contributed by atoms with van der Waals surface area (Å²) in [5.74, 6) is 0.0400. The Labute approximate surface area is 173 Å². The van der Waals surface area contributed by atoms with Gasteiger partial charge in [0.05, 0.1) is 22.1 Å². The first kappa shape index (κ1) is 19.1. The number of unbranched alkanes of at least 4 members (excludes halogenated alkanes) is 1. The Kier molecular flexibility index (Phi) is 5.25. The second-order valence-electron chi connectivity index (χ2n) is 6.85. The minimum absolute atomic E-state index is 0.0400. The quantitative estimate of drug-likeness (QED) is 0.730. The molecule has 0 saturated carbocycles. The van der Waals surface area contributed by atoms with Crippen molar-refractivity contribution in [2.24, 2.45) is 4.99 Å². The van der Waals surface area contributed by atoms with Crippen LogP contribution in [0.15, 0.2) is 44.1 Å². The largest absolute Gasteiger partial charge is 0.337 e. The Bertz CT molecular complexity index is 975. The number of carbonyl (C=O) groups is 1. The fourth-order valence-corrected chi connectivity index (χ4v) is 5.59. The molecule has 4 rings (SSSR count). The summed E-state index contributed by atoms with van der Waals surface area (Å²) in [5.41, 5.74) is 3.71. The number of aliphatic imine (C=N–C) groups is 1. The molecule has 2 aromatic rings. The van der Waals surface area contributed by atoms with Gasteiger partial charge >= 0.3 is 0 Å². The lowest BCUT2D eigenvalue weighted by molar-refractivity contribution is -0.122. The summed E-state index contributed by atoms with van der Waals surface area (Å²) in [6.45, 7) is 6.69. The number of hydrogen-bond acceptors (Lipinski definition) is 6. The zero-order valence-corrected chi connectivity index (χ0v) is 18.1. The molecule has 0 atom stereocenters. The summed E-state index contributed by atoms with van der Waals surface area (Å²) in [6, 6.07) is 8.23. The lowest BCUT2D eigenvalue weighted by Gasteiger charge is -2.16. The number of hydrogen-bond donors (Lipinski definition) is 1. The summed E-state index contributed by atoms with van der Waals surface area (Å²) >= 11 is 3.12. The number of aromatic nitrogens is 2. The number of amides is 1. The molecule has 1 aromatic carbocycles. The Balaban J connectivity index is 1.74. The van der Waals surface area contributed by atoms with Crippen LogP contribution in [-0.2, 0) is 4.79 Å². The van der Waals surface area contributed by atoms with Crippen molar-refractivity contribution >= 4 is 46.0 Å². The molecular formula is C20H23N5OS2. The standard InChI is InChI=1S/C20H23N5OS2/c1-5-6-11-25-18(26)17(19-24(4)14-9-7-8-10-15(14)27-19)28-20(25)21-16-12(2)22-23-13(16)3/h7-10H,5-6,11H2,1-4H3,(H,22,23)/b19-17-,21-20?. The van der Waals surface area contributed by atoms with Crippen LogP contribution in [0, 0.1) is 13.8 Å². The van der Waals surface area contributed by atoms with Gasteiger partial charge in [0, 0.05) is 18.5 Å². The fraction of sp³-hybridized carbons (Fsp3) is 0.350. The van der Waals surface area contributed by atoms with Crippen LogP contribution in [-0.4, -0.2) is 39.8 Å². The Morgan fingerprint density at radius 1 is 1.21 bits per heavy atom. The van der Waals surface area contributed by atoms with Gasteiger partial charge in [-0.25, -0.2) is 4.99 Å². The van der Waals surface area contributed by atoms with Gasteiger partial charge in [-0.1, -0.05) is 37.2 Å². The van der Waals surface area contributed by atoms with Crippen molar-refractivity contribution in [3.05, 3.63) is 45.6 Å². The minimum Gasteiger partial charge on any atom is -0.337 e. The minimum atomic E-state index is 0.0400. The second kappa shape index (κ2) is 7.67. The van der Waals surface area contributed by atoms with E-state index in [-0.39, 0.29) is 5.91 Å². The van der Waals surface area contributed by atoms with E-state index in [1.807, 2.05) is 37.9 Å². The van der Waals surface area contributed by atoms with Gasteiger partial charge in [0.2, 0.25) is 0 Å². The molecule has 8 heteroatoms. The molecule has 28 heavy (non-hydrogen) atoms. The van der Waals surface area contributed by atoms with E-state index < -0.39 is 0 Å².